The Balaban J connectivity index is 1.76. The van der Waals surface area contributed by atoms with Crippen molar-refractivity contribution >= 4 is 56.4 Å². The number of hydrogen-bond acceptors (Lipinski definition) is 4. The van der Waals surface area contributed by atoms with Gasteiger partial charge in [0.25, 0.3) is 11.8 Å². The van der Waals surface area contributed by atoms with Crippen molar-refractivity contribution in [2.75, 3.05) is 11.9 Å². The van der Waals surface area contributed by atoms with Gasteiger partial charge in [-0.05, 0) is 24.6 Å². The fourth-order valence-electron chi connectivity index (χ4n) is 4.45. The highest BCUT2D eigenvalue weighted by Gasteiger charge is 2.35. The molecule has 0 unspecified atom stereocenters. The van der Waals surface area contributed by atoms with Crippen molar-refractivity contribution in [3.8, 4) is 0 Å². The van der Waals surface area contributed by atoms with Gasteiger partial charge >= 0.3 is 0 Å². The van der Waals surface area contributed by atoms with Gasteiger partial charge in [0, 0.05) is 65.6 Å². The summed E-state index contributed by atoms with van der Waals surface area (Å²) >= 11 is 0. The van der Waals surface area contributed by atoms with Gasteiger partial charge in [-0.2, -0.15) is 0 Å². The second kappa shape index (κ2) is 8.07. The summed E-state index contributed by atoms with van der Waals surface area (Å²) < 4.78 is 1.93. The minimum Gasteiger partial charge on any atom is -0.396 e. The molecule has 0 fully saturated rings. The molecule has 3 amide bonds. The summed E-state index contributed by atoms with van der Waals surface area (Å²) in [6.07, 6.45) is 4.10. The number of imide groups is 1. The Morgan fingerprint density at radius 2 is 1.79 bits per heavy atom. The number of nitrogens with one attached hydrogen (secondary N) is 3. The molecule has 0 atom stereocenters. The minimum absolute atomic E-state index is 0.0165. The normalized spacial score (nSPS) is 13.9. The zero-order chi connectivity index (χ0) is 23.1. The number of hydrogen-bond donors (Lipinski definition) is 4. The molecule has 0 spiro atoms. The number of anilines is 1. The van der Waals surface area contributed by atoms with E-state index in [1.165, 1.54) is 6.92 Å². The summed E-state index contributed by atoms with van der Waals surface area (Å²) in [5.74, 6) is -1.08. The van der Waals surface area contributed by atoms with Gasteiger partial charge in [-0.3, -0.25) is 19.7 Å². The zero-order valence-corrected chi connectivity index (χ0v) is 17.9. The standard InChI is InChI=1S/C25H22N4O4/c1-14(31)27-15-7-8-17-19(13-29(9-4-10-30)21(17)11-15)23-22(24(32)28-25(23)33)18-12-26-20-6-3-2-5-16(18)20/h2-3,5-8,11-13,26,30H,4,9-10H2,1H3,(H,27,31)(H,28,32,33). The lowest BCUT2D eigenvalue weighted by molar-refractivity contribution is -0.123. The molecule has 3 heterocycles. The number of para-hydroxylation sites is 1. The summed E-state index contributed by atoms with van der Waals surface area (Å²) in [6, 6.07) is 13.0. The average molecular weight is 442 g/mol. The number of aliphatic hydroxyl groups excluding tert-OH is 1. The Morgan fingerprint density at radius 3 is 2.55 bits per heavy atom. The van der Waals surface area contributed by atoms with Crippen LogP contribution in [0.4, 0.5) is 5.69 Å². The summed E-state index contributed by atoms with van der Waals surface area (Å²) in [7, 11) is 0. The molecule has 0 aliphatic carbocycles. The third-order valence-electron chi connectivity index (χ3n) is 5.82. The second-order valence-corrected chi connectivity index (χ2v) is 8.01. The van der Waals surface area contributed by atoms with Crippen LogP contribution in [-0.4, -0.2) is 39.0 Å². The SMILES string of the molecule is CC(=O)Nc1ccc2c(C3=C(c4c[nH]c5ccccc45)C(=O)NC3=O)cn(CCCO)c2c1. The molecule has 33 heavy (non-hydrogen) atoms. The zero-order valence-electron chi connectivity index (χ0n) is 17.9. The number of carbonyl (C=O) groups is 3. The molecular weight excluding hydrogens is 420 g/mol. The van der Waals surface area contributed by atoms with E-state index in [0.29, 0.717) is 40.9 Å². The van der Waals surface area contributed by atoms with Gasteiger partial charge in [0.2, 0.25) is 5.91 Å². The Kier molecular flexibility index (Phi) is 5.07. The average Bonchev–Trinajstić information content (AvgIpc) is 3.44. The van der Waals surface area contributed by atoms with Crippen LogP contribution in [0.3, 0.4) is 0 Å². The number of amides is 3. The molecule has 8 nitrogen and oxygen atoms in total. The third-order valence-corrected chi connectivity index (χ3v) is 5.82. The molecule has 4 aromatic rings. The van der Waals surface area contributed by atoms with Crippen molar-refractivity contribution in [2.45, 2.75) is 19.9 Å². The van der Waals surface area contributed by atoms with Gasteiger partial charge in [0.15, 0.2) is 0 Å². The van der Waals surface area contributed by atoms with Crippen LogP contribution in [0.1, 0.15) is 24.5 Å². The molecule has 0 radical (unpaired) electrons. The number of aromatic amines is 1. The minimum atomic E-state index is -0.451. The van der Waals surface area contributed by atoms with Crippen LogP contribution in [0, 0.1) is 0 Å². The van der Waals surface area contributed by atoms with Crippen LogP contribution >= 0.6 is 0 Å². The lowest BCUT2D eigenvalue weighted by Crippen LogP contribution is -2.22. The van der Waals surface area contributed by atoms with Crippen molar-refractivity contribution in [1.82, 2.24) is 14.9 Å². The molecule has 4 N–H and O–H groups in total. The van der Waals surface area contributed by atoms with Gasteiger partial charge in [0.05, 0.1) is 16.7 Å². The van der Waals surface area contributed by atoms with E-state index in [4.69, 9.17) is 0 Å². The predicted molar refractivity (Wildman–Crippen MR) is 126 cm³/mol. The van der Waals surface area contributed by atoms with Crippen LogP contribution in [0.2, 0.25) is 0 Å². The van der Waals surface area contributed by atoms with Crippen molar-refractivity contribution < 1.29 is 19.5 Å². The van der Waals surface area contributed by atoms with Crippen molar-refractivity contribution in [3.63, 3.8) is 0 Å². The van der Waals surface area contributed by atoms with Crippen LogP contribution in [-0.2, 0) is 20.9 Å². The van der Waals surface area contributed by atoms with E-state index in [2.05, 4.69) is 15.6 Å². The number of aliphatic hydroxyl groups is 1. The molecule has 2 aromatic carbocycles. The molecule has 0 bridgehead atoms. The molecule has 5 rings (SSSR count). The highest BCUT2D eigenvalue weighted by atomic mass is 16.3. The molecule has 1 aliphatic heterocycles. The van der Waals surface area contributed by atoms with Crippen molar-refractivity contribution in [2.24, 2.45) is 0 Å². The Labute approximate surface area is 188 Å². The number of aryl methyl sites for hydroxylation is 1. The Hall–Kier alpha value is -4.17. The first-order valence-corrected chi connectivity index (χ1v) is 10.7. The number of nitrogens with zero attached hydrogens (tertiary/aromatic N) is 1. The van der Waals surface area contributed by atoms with Crippen LogP contribution < -0.4 is 10.6 Å². The predicted octanol–water partition coefficient (Wildman–Crippen LogP) is 3.03. The summed E-state index contributed by atoms with van der Waals surface area (Å²) in [4.78, 5) is 40.6. The Bertz CT molecular complexity index is 1470. The molecule has 8 heteroatoms. The molecule has 0 saturated carbocycles. The number of benzene rings is 2. The first-order valence-electron chi connectivity index (χ1n) is 10.7. The topological polar surface area (TPSA) is 116 Å². The van der Waals surface area contributed by atoms with E-state index < -0.39 is 11.8 Å². The number of rotatable bonds is 6. The van der Waals surface area contributed by atoms with Crippen LogP contribution in [0.5, 0.6) is 0 Å². The lowest BCUT2D eigenvalue weighted by atomic mass is 9.95. The number of aromatic nitrogens is 2. The first-order chi connectivity index (χ1) is 16.0. The van der Waals surface area contributed by atoms with Gasteiger partial charge < -0.3 is 20.0 Å². The van der Waals surface area contributed by atoms with Crippen LogP contribution in [0.25, 0.3) is 33.0 Å². The van der Waals surface area contributed by atoms with E-state index >= 15 is 0 Å². The summed E-state index contributed by atoms with van der Waals surface area (Å²) in [5, 5.41) is 16.2. The van der Waals surface area contributed by atoms with Gasteiger partial charge in [0.1, 0.15) is 0 Å². The smallest absolute Gasteiger partial charge is 0.259 e. The van der Waals surface area contributed by atoms with Crippen LogP contribution in [0.15, 0.2) is 54.9 Å². The monoisotopic (exact) mass is 442 g/mol. The van der Waals surface area contributed by atoms with Gasteiger partial charge in [-0.15, -0.1) is 0 Å². The highest BCUT2D eigenvalue weighted by molar-refractivity contribution is 6.50. The maximum Gasteiger partial charge on any atom is 0.259 e. The lowest BCUT2D eigenvalue weighted by Gasteiger charge is -2.06. The first kappa shape index (κ1) is 20.7. The van der Waals surface area contributed by atoms with Crippen molar-refractivity contribution in [3.05, 3.63) is 66.0 Å². The third kappa shape index (κ3) is 3.50. The maximum absolute atomic E-state index is 13.0. The van der Waals surface area contributed by atoms with E-state index in [-0.39, 0.29) is 12.5 Å². The quantitative estimate of drug-likeness (QED) is 0.344. The molecule has 2 aromatic heterocycles. The fourth-order valence-corrected chi connectivity index (χ4v) is 4.45. The number of fused-ring (bicyclic) bond motifs is 2. The van der Waals surface area contributed by atoms with E-state index in [9.17, 15) is 19.5 Å². The molecule has 166 valence electrons. The van der Waals surface area contributed by atoms with E-state index in [1.807, 2.05) is 47.2 Å². The maximum atomic E-state index is 13.0. The van der Waals surface area contributed by atoms with Crippen molar-refractivity contribution in [1.29, 1.82) is 0 Å². The number of carbonyl (C=O) groups excluding carboxylic acids is 3. The summed E-state index contributed by atoms with van der Waals surface area (Å²) in [6.45, 7) is 1.97. The molecular formula is C25H22N4O4. The number of H-pyrrole nitrogens is 1. The van der Waals surface area contributed by atoms with E-state index in [0.717, 1.165) is 21.8 Å². The second-order valence-electron chi connectivity index (χ2n) is 8.01. The molecule has 1 aliphatic rings. The highest BCUT2D eigenvalue weighted by Crippen LogP contribution is 2.38. The largest absolute Gasteiger partial charge is 0.396 e. The summed E-state index contributed by atoms with van der Waals surface area (Å²) in [5.41, 5.74) is 4.22. The fraction of sp³-hybridized carbons (Fsp3) is 0.160. The van der Waals surface area contributed by atoms with Gasteiger partial charge in [-0.25, -0.2) is 0 Å². The van der Waals surface area contributed by atoms with Gasteiger partial charge in [-0.1, -0.05) is 24.3 Å². The van der Waals surface area contributed by atoms with E-state index in [1.54, 1.807) is 12.3 Å². The molecule has 0 saturated heterocycles. The Morgan fingerprint density at radius 1 is 1.03 bits per heavy atom.